The smallest absolute Gasteiger partial charge is 0.409 e. The summed E-state index contributed by atoms with van der Waals surface area (Å²) in [4.78, 5) is 18.1. The predicted molar refractivity (Wildman–Crippen MR) is 84.1 cm³/mol. The first-order valence-corrected chi connectivity index (χ1v) is 7.96. The number of piperazine rings is 1. The average Bonchev–Trinajstić information content (AvgIpc) is 2.93. The number of nitrogens with two attached hydrogens (primary N) is 1. The molecule has 2 rings (SSSR count). The van der Waals surface area contributed by atoms with Crippen LogP contribution in [0.5, 0.6) is 0 Å². The molecule has 1 aliphatic rings. The van der Waals surface area contributed by atoms with Crippen LogP contribution in [0.15, 0.2) is 12.1 Å². The third-order valence-corrected chi connectivity index (χ3v) is 4.24. The van der Waals surface area contributed by atoms with Crippen LogP contribution in [0.1, 0.15) is 16.7 Å². The van der Waals surface area contributed by atoms with Crippen molar-refractivity contribution in [1.82, 2.24) is 9.80 Å². The van der Waals surface area contributed by atoms with Gasteiger partial charge in [-0.1, -0.05) is 11.8 Å². The highest BCUT2D eigenvalue weighted by Gasteiger charge is 2.21. The molecule has 21 heavy (non-hydrogen) atoms. The Labute approximate surface area is 129 Å². The summed E-state index contributed by atoms with van der Waals surface area (Å²) in [7, 11) is 0. The zero-order valence-electron chi connectivity index (χ0n) is 12.3. The van der Waals surface area contributed by atoms with Crippen molar-refractivity contribution in [2.24, 2.45) is 5.73 Å². The van der Waals surface area contributed by atoms with Crippen LogP contribution in [0, 0.1) is 11.8 Å². The number of carbonyl (C=O) groups excluding carboxylic acids is 1. The molecule has 1 aromatic heterocycles. The minimum absolute atomic E-state index is 0.201. The molecule has 2 heterocycles. The van der Waals surface area contributed by atoms with Gasteiger partial charge in [0, 0.05) is 37.6 Å². The molecular weight excluding hydrogens is 286 g/mol. The zero-order valence-corrected chi connectivity index (χ0v) is 13.1. The number of nitrogens with zero attached hydrogens (tertiary/aromatic N) is 2. The SMILES string of the molecule is CCOC(=O)N1CCN(Cc2ccc(C#CCN)s2)CC1. The molecule has 0 saturated carbocycles. The van der Waals surface area contributed by atoms with Crippen molar-refractivity contribution in [3.63, 3.8) is 0 Å². The molecule has 1 aliphatic heterocycles. The Morgan fingerprint density at radius 2 is 2.14 bits per heavy atom. The Balaban J connectivity index is 1.80. The molecule has 0 bridgehead atoms. The Morgan fingerprint density at radius 3 is 2.81 bits per heavy atom. The van der Waals surface area contributed by atoms with Crippen LogP contribution in [0.3, 0.4) is 0 Å². The summed E-state index contributed by atoms with van der Waals surface area (Å²) in [5, 5.41) is 0. The van der Waals surface area contributed by atoms with Gasteiger partial charge < -0.3 is 15.4 Å². The second kappa shape index (κ2) is 8.03. The molecule has 1 saturated heterocycles. The van der Waals surface area contributed by atoms with Gasteiger partial charge in [0.25, 0.3) is 0 Å². The summed E-state index contributed by atoms with van der Waals surface area (Å²) in [5.74, 6) is 5.92. The van der Waals surface area contributed by atoms with Crippen LogP contribution in [0.4, 0.5) is 4.79 Å². The normalized spacial score (nSPS) is 15.4. The van der Waals surface area contributed by atoms with Gasteiger partial charge in [-0.2, -0.15) is 0 Å². The van der Waals surface area contributed by atoms with E-state index >= 15 is 0 Å². The Morgan fingerprint density at radius 1 is 1.38 bits per heavy atom. The minimum Gasteiger partial charge on any atom is -0.450 e. The summed E-state index contributed by atoms with van der Waals surface area (Å²) in [6.45, 7) is 6.76. The van der Waals surface area contributed by atoms with E-state index in [1.54, 1.807) is 16.2 Å². The van der Waals surface area contributed by atoms with Crippen LogP contribution >= 0.6 is 11.3 Å². The van der Waals surface area contributed by atoms with Gasteiger partial charge in [0.15, 0.2) is 0 Å². The minimum atomic E-state index is -0.201. The molecular formula is C15H21N3O2S. The van der Waals surface area contributed by atoms with Gasteiger partial charge in [0.1, 0.15) is 0 Å². The van der Waals surface area contributed by atoms with Crippen molar-refractivity contribution in [2.75, 3.05) is 39.3 Å². The molecule has 6 heteroatoms. The maximum absolute atomic E-state index is 11.6. The van der Waals surface area contributed by atoms with Crippen molar-refractivity contribution >= 4 is 17.4 Å². The van der Waals surface area contributed by atoms with Crippen LogP contribution in [-0.2, 0) is 11.3 Å². The van der Waals surface area contributed by atoms with Crippen molar-refractivity contribution in [3.05, 3.63) is 21.9 Å². The number of hydrogen-bond acceptors (Lipinski definition) is 5. The molecule has 114 valence electrons. The first kappa shape index (κ1) is 15.8. The number of ether oxygens (including phenoxy) is 1. The third kappa shape index (κ3) is 4.74. The second-order valence-electron chi connectivity index (χ2n) is 4.73. The zero-order chi connectivity index (χ0) is 15.1. The van der Waals surface area contributed by atoms with Gasteiger partial charge in [0.2, 0.25) is 0 Å². The van der Waals surface area contributed by atoms with Crippen molar-refractivity contribution < 1.29 is 9.53 Å². The Hall–Kier alpha value is -1.55. The molecule has 0 unspecified atom stereocenters. The lowest BCUT2D eigenvalue weighted by Crippen LogP contribution is -2.48. The van der Waals surface area contributed by atoms with Crippen molar-refractivity contribution in [1.29, 1.82) is 0 Å². The van der Waals surface area contributed by atoms with Gasteiger partial charge >= 0.3 is 6.09 Å². The van der Waals surface area contributed by atoms with Crippen molar-refractivity contribution in [3.8, 4) is 11.8 Å². The van der Waals surface area contributed by atoms with Gasteiger partial charge in [-0.3, -0.25) is 4.90 Å². The van der Waals surface area contributed by atoms with E-state index in [1.807, 2.05) is 13.0 Å². The van der Waals surface area contributed by atoms with E-state index in [-0.39, 0.29) is 6.09 Å². The Kier molecular flexibility index (Phi) is 6.05. The molecule has 1 aromatic rings. The number of carbonyl (C=O) groups is 1. The molecule has 0 aliphatic carbocycles. The first-order valence-electron chi connectivity index (χ1n) is 7.14. The number of rotatable bonds is 3. The molecule has 0 spiro atoms. The lowest BCUT2D eigenvalue weighted by molar-refractivity contribution is 0.0781. The molecule has 1 amide bonds. The van der Waals surface area contributed by atoms with Gasteiger partial charge in [-0.15, -0.1) is 11.3 Å². The van der Waals surface area contributed by atoms with E-state index in [9.17, 15) is 4.79 Å². The highest BCUT2D eigenvalue weighted by molar-refractivity contribution is 7.12. The van der Waals surface area contributed by atoms with E-state index in [1.165, 1.54) is 4.88 Å². The quantitative estimate of drug-likeness (QED) is 0.856. The largest absolute Gasteiger partial charge is 0.450 e. The summed E-state index contributed by atoms with van der Waals surface area (Å²) in [6.07, 6.45) is -0.201. The summed E-state index contributed by atoms with van der Waals surface area (Å²) in [5.41, 5.74) is 5.37. The summed E-state index contributed by atoms with van der Waals surface area (Å²) >= 11 is 1.71. The van der Waals surface area contributed by atoms with Gasteiger partial charge in [-0.25, -0.2) is 4.79 Å². The fraction of sp³-hybridized carbons (Fsp3) is 0.533. The van der Waals surface area contributed by atoms with Crippen LogP contribution < -0.4 is 5.73 Å². The van der Waals surface area contributed by atoms with Crippen LogP contribution in [0.25, 0.3) is 0 Å². The molecule has 5 nitrogen and oxygen atoms in total. The fourth-order valence-electron chi connectivity index (χ4n) is 2.19. The maximum atomic E-state index is 11.6. The van der Waals surface area contributed by atoms with E-state index in [0.717, 1.165) is 37.6 Å². The monoisotopic (exact) mass is 307 g/mol. The molecule has 0 radical (unpaired) electrons. The molecule has 1 fully saturated rings. The van der Waals surface area contributed by atoms with E-state index in [0.29, 0.717) is 13.2 Å². The topological polar surface area (TPSA) is 58.8 Å². The third-order valence-electron chi connectivity index (χ3n) is 3.25. The summed E-state index contributed by atoms with van der Waals surface area (Å²) < 4.78 is 5.02. The molecule has 0 aromatic carbocycles. The van der Waals surface area contributed by atoms with E-state index in [2.05, 4.69) is 22.8 Å². The van der Waals surface area contributed by atoms with Gasteiger partial charge in [0.05, 0.1) is 18.0 Å². The maximum Gasteiger partial charge on any atom is 0.409 e. The van der Waals surface area contributed by atoms with Crippen LogP contribution in [-0.4, -0.2) is 55.2 Å². The average molecular weight is 307 g/mol. The summed E-state index contributed by atoms with van der Waals surface area (Å²) in [6, 6.07) is 4.15. The number of amides is 1. The Bertz CT molecular complexity index is 525. The number of thiophene rings is 1. The second-order valence-corrected chi connectivity index (χ2v) is 5.90. The lowest BCUT2D eigenvalue weighted by atomic mass is 10.3. The first-order chi connectivity index (χ1) is 10.2. The lowest BCUT2D eigenvalue weighted by Gasteiger charge is -2.33. The van der Waals surface area contributed by atoms with Crippen LogP contribution in [0.2, 0.25) is 0 Å². The van der Waals surface area contributed by atoms with E-state index in [4.69, 9.17) is 10.5 Å². The molecule has 0 atom stereocenters. The van der Waals surface area contributed by atoms with Crippen molar-refractivity contribution in [2.45, 2.75) is 13.5 Å². The van der Waals surface area contributed by atoms with Gasteiger partial charge in [-0.05, 0) is 19.1 Å². The fourth-order valence-corrected chi connectivity index (χ4v) is 3.12. The number of hydrogen-bond donors (Lipinski definition) is 1. The molecule has 2 N–H and O–H groups in total. The predicted octanol–water partition coefficient (Wildman–Crippen LogP) is 1.33. The standard InChI is InChI=1S/C15H21N3O2S/c1-2-20-15(19)18-10-8-17(9-11-18)12-14-6-5-13(21-14)4-3-7-16/h5-6H,2,7-12,16H2,1H3. The van der Waals surface area contributed by atoms with E-state index < -0.39 is 0 Å². The highest BCUT2D eigenvalue weighted by atomic mass is 32.1. The highest BCUT2D eigenvalue weighted by Crippen LogP contribution is 2.18.